The number of para-hydroxylation sites is 1. The van der Waals surface area contributed by atoms with Crippen LogP contribution in [0.4, 0.5) is 24.5 Å². The molecule has 3 aromatic rings. The van der Waals surface area contributed by atoms with E-state index in [1.54, 1.807) is 24.3 Å². The second kappa shape index (κ2) is 11.8. The van der Waals surface area contributed by atoms with Gasteiger partial charge in [-0.15, -0.1) is 24.9 Å². The molecule has 12 heteroatoms. The Morgan fingerprint density at radius 3 is 2.23 bits per heavy atom. The smallest absolute Gasteiger partial charge is 0.493 e. The first kappa shape index (κ1) is 28.0. The number of rotatable bonds is 8. The number of halogens is 3. The maximum Gasteiger partial charge on any atom is 0.573 e. The molecule has 2 amide bonds. The number of amides is 2. The van der Waals surface area contributed by atoms with Gasteiger partial charge in [0.1, 0.15) is 12.3 Å². The van der Waals surface area contributed by atoms with Gasteiger partial charge >= 0.3 is 6.36 Å². The highest BCUT2D eigenvalue weighted by Crippen LogP contribution is 2.49. The number of nitrogens with zero attached hydrogens (tertiary/aromatic N) is 1. The highest BCUT2D eigenvalue weighted by molar-refractivity contribution is 7.99. The van der Waals surface area contributed by atoms with E-state index < -0.39 is 18.0 Å². The minimum Gasteiger partial charge on any atom is -0.493 e. The summed E-state index contributed by atoms with van der Waals surface area (Å²) in [6.45, 7) is -0.292. The molecule has 0 aliphatic carbocycles. The van der Waals surface area contributed by atoms with E-state index in [0.717, 1.165) is 22.6 Å². The molecule has 1 unspecified atom stereocenters. The number of methoxy groups -OCH3 is 3. The molecule has 0 spiro atoms. The Balaban J connectivity index is 1.55. The molecule has 3 aromatic carbocycles. The van der Waals surface area contributed by atoms with Crippen LogP contribution in [0.2, 0.25) is 0 Å². The van der Waals surface area contributed by atoms with E-state index in [9.17, 15) is 22.8 Å². The summed E-state index contributed by atoms with van der Waals surface area (Å²) in [5.41, 5.74) is 1.62. The van der Waals surface area contributed by atoms with Gasteiger partial charge in [0.25, 0.3) is 0 Å². The van der Waals surface area contributed by atoms with Crippen molar-refractivity contribution in [1.82, 2.24) is 0 Å². The molecule has 8 nitrogen and oxygen atoms in total. The normalized spacial score (nSPS) is 15.2. The second-order valence-electron chi connectivity index (χ2n) is 8.34. The fourth-order valence-corrected chi connectivity index (χ4v) is 5.37. The van der Waals surface area contributed by atoms with Crippen molar-refractivity contribution in [1.29, 1.82) is 0 Å². The highest BCUT2D eigenvalue weighted by atomic mass is 32.2. The van der Waals surface area contributed by atoms with Gasteiger partial charge in [0.05, 0.1) is 27.0 Å². The van der Waals surface area contributed by atoms with Gasteiger partial charge in [0.15, 0.2) is 11.5 Å². The molecule has 1 atom stereocenters. The van der Waals surface area contributed by atoms with Crippen LogP contribution in [0.1, 0.15) is 17.2 Å². The van der Waals surface area contributed by atoms with E-state index in [0.29, 0.717) is 22.9 Å². The standard InChI is InChI=1S/C27H25F3N2O6S/c1-35-20-12-16(13-21(36-2)26(20)37-3)23-14-25(34)32(19-6-4-5-7-22(19)39-23)15-24(33)31-17-8-10-18(11-9-17)38-27(28,29)30/h4-13,23H,14-15H2,1-3H3,(H,31,33). The SMILES string of the molecule is COc1cc(C2CC(=O)N(CC(=O)Nc3ccc(OC(F)(F)F)cc3)c3ccccc3S2)cc(OC)c1OC. The summed E-state index contributed by atoms with van der Waals surface area (Å²) in [4.78, 5) is 28.6. The van der Waals surface area contributed by atoms with Crippen molar-refractivity contribution in [2.75, 3.05) is 38.1 Å². The van der Waals surface area contributed by atoms with Crippen LogP contribution in [0, 0.1) is 0 Å². The number of carbonyl (C=O) groups is 2. The highest BCUT2D eigenvalue weighted by Gasteiger charge is 2.32. The van der Waals surface area contributed by atoms with Gasteiger partial charge in [-0.05, 0) is 54.1 Å². The van der Waals surface area contributed by atoms with E-state index in [1.165, 1.54) is 50.1 Å². The number of carbonyl (C=O) groups excluding carboxylic acids is 2. The van der Waals surface area contributed by atoms with Gasteiger partial charge in [0, 0.05) is 22.3 Å². The summed E-state index contributed by atoms with van der Waals surface area (Å²) in [5.74, 6) is 0.146. The lowest BCUT2D eigenvalue weighted by Crippen LogP contribution is -2.38. The minimum absolute atomic E-state index is 0.0781. The van der Waals surface area contributed by atoms with Gasteiger partial charge in [0.2, 0.25) is 17.6 Å². The third kappa shape index (κ3) is 6.69. The van der Waals surface area contributed by atoms with Gasteiger partial charge in [-0.3, -0.25) is 9.59 Å². The van der Waals surface area contributed by atoms with E-state index in [1.807, 2.05) is 12.1 Å². The van der Waals surface area contributed by atoms with Crippen molar-refractivity contribution >= 4 is 35.0 Å². The third-order valence-electron chi connectivity index (χ3n) is 5.82. The lowest BCUT2D eigenvalue weighted by molar-refractivity contribution is -0.274. The number of hydrogen-bond acceptors (Lipinski definition) is 7. The van der Waals surface area contributed by atoms with E-state index in [4.69, 9.17) is 14.2 Å². The lowest BCUT2D eigenvalue weighted by atomic mass is 10.1. The van der Waals surface area contributed by atoms with Crippen LogP contribution in [-0.2, 0) is 9.59 Å². The maximum absolute atomic E-state index is 13.5. The van der Waals surface area contributed by atoms with Crippen molar-refractivity contribution in [3.8, 4) is 23.0 Å². The van der Waals surface area contributed by atoms with Crippen molar-refractivity contribution in [2.24, 2.45) is 0 Å². The predicted molar refractivity (Wildman–Crippen MR) is 140 cm³/mol. The van der Waals surface area contributed by atoms with Crippen LogP contribution in [0.15, 0.2) is 65.6 Å². The fraction of sp³-hybridized carbons (Fsp3) is 0.259. The minimum atomic E-state index is -4.82. The number of ether oxygens (including phenoxy) is 4. The Bertz CT molecular complexity index is 1330. The summed E-state index contributed by atoms with van der Waals surface area (Å²) in [6.07, 6.45) is -4.74. The molecule has 206 valence electrons. The number of nitrogens with one attached hydrogen (secondary N) is 1. The summed E-state index contributed by atoms with van der Waals surface area (Å²) >= 11 is 1.48. The van der Waals surface area contributed by atoms with Crippen LogP contribution in [-0.4, -0.2) is 46.1 Å². The van der Waals surface area contributed by atoms with E-state index >= 15 is 0 Å². The second-order valence-corrected chi connectivity index (χ2v) is 9.58. The Morgan fingerprint density at radius 1 is 1.00 bits per heavy atom. The molecular formula is C27H25F3N2O6S. The van der Waals surface area contributed by atoms with Gasteiger partial charge in [-0.25, -0.2) is 0 Å². The molecule has 4 rings (SSSR count). The number of benzene rings is 3. The van der Waals surface area contributed by atoms with Crippen LogP contribution in [0.25, 0.3) is 0 Å². The van der Waals surface area contributed by atoms with Crippen molar-refractivity contribution in [3.63, 3.8) is 0 Å². The molecular weight excluding hydrogens is 537 g/mol. The molecule has 0 fully saturated rings. The predicted octanol–water partition coefficient (Wildman–Crippen LogP) is 5.82. The quantitative estimate of drug-likeness (QED) is 0.370. The van der Waals surface area contributed by atoms with Crippen molar-refractivity contribution in [2.45, 2.75) is 22.9 Å². The molecule has 0 saturated heterocycles. The summed E-state index contributed by atoms with van der Waals surface area (Å²) in [7, 11) is 4.53. The van der Waals surface area contributed by atoms with Crippen molar-refractivity contribution in [3.05, 3.63) is 66.2 Å². The molecule has 0 saturated carbocycles. The van der Waals surface area contributed by atoms with Gasteiger partial charge in [-0.1, -0.05) is 12.1 Å². The van der Waals surface area contributed by atoms with E-state index in [2.05, 4.69) is 10.1 Å². The van der Waals surface area contributed by atoms with Gasteiger partial charge < -0.3 is 29.2 Å². The molecule has 1 aliphatic rings. The zero-order chi connectivity index (χ0) is 28.2. The van der Waals surface area contributed by atoms with E-state index in [-0.39, 0.29) is 29.8 Å². The number of alkyl halides is 3. The van der Waals surface area contributed by atoms with Crippen LogP contribution < -0.4 is 29.2 Å². The first-order chi connectivity index (χ1) is 18.6. The number of thioether (sulfide) groups is 1. The summed E-state index contributed by atoms with van der Waals surface area (Å²) in [5, 5.41) is 2.30. The Hall–Kier alpha value is -4.06. The molecule has 0 bridgehead atoms. The Kier molecular flexibility index (Phi) is 8.44. The van der Waals surface area contributed by atoms with Crippen LogP contribution >= 0.6 is 11.8 Å². The molecule has 1 N–H and O–H groups in total. The average molecular weight is 563 g/mol. The third-order valence-corrected chi connectivity index (χ3v) is 7.14. The molecule has 1 heterocycles. The lowest BCUT2D eigenvalue weighted by Gasteiger charge is -2.22. The monoisotopic (exact) mass is 562 g/mol. The first-order valence-electron chi connectivity index (χ1n) is 11.6. The zero-order valence-electron chi connectivity index (χ0n) is 21.2. The maximum atomic E-state index is 13.5. The molecule has 0 radical (unpaired) electrons. The summed E-state index contributed by atoms with van der Waals surface area (Å²) in [6, 6.07) is 15.6. The first-order valence-corrected chi connectivity index (χ1v) is 12.5. The zero-order valence-corrected chi connectivity index (χ0v) is 22.0. The van der Waals surface area contributed by atoms with Crippen molar-refractivity contribution < 1.29 is 41.7 Å². The molecule has 39 heavy (non-hydrogen) atoms. The Morgan fingerprint density at radius 2 is 1.64 bits per heavy atom. The number of fused-ring (bicyclic) bond motifs is 1. The molecule has 1 aliphatic heterocycles. The molecule has 0 aromatic heterocycles. The van der Waals surface area contributed by atoms with Gasteiger partial charge in [-0.2, -0.15) is 0 Å². The largest absolute Gasteiger partial charge is 0.573 e. The average Bonchev–Trinajstić information content (AvgIpc) is 3.04. The van der Waals surface area contributed by atoms with Crippen LogP contribution in [0.5, 0.6) is 23.0 Å². The van der Waals surface area contributed by atoms with Crippen LogP contribution in [0.3, 0.4) is 0 Å². The topological polar surface area (TPSA) is 86.3 Å². The number of hydrogen-bond donors (Lipinski definition) is 1. The fourth-order valence-electron chi connectivity index (χ4n) is 4.11. The summed E-state index contributed by atoms with van der Waals surface area (Å²) < 4.78 is 57.4. The number of anilines is 2. The Labute approximate surface area is 227 Å².